The summed E-state index contributed by atoms with van der Waals surface area (Å²) in [5.41, 5.74) is 2.79. The van der Waals surface area contributed by atoms with Crippen LogP contribution in [0.2, 0.25) is 0 Å². The van der Waals surface area contributed by atoms with Gasteiger partial charge in [-0.1, -0.05) is 13.8 Å². The molecule has 15 heavy (non-hydrogen) atoms. The van der Waals surface area contributed by atoms with Gasteiger partial charge in [-0.15, -0.1) is 0 Å². The first-order valence-corrected chi connectivity index (χ1v) is 6.12. The van der Waals surface area contributed by atoms with Gasteiger partial charge in [0.1, 0.15) is 0 Å². The van der Waals surface area contributed by atoms with Crippen LogP contribution >= 0.6 is 0 Å². The number of aryl methyl sites for hydroxylation is 1. The first kappa shape index (κ1) is 10.7. The molecule has 1 aromatic rings. The zero-order valence-corrected chi connectivity index (χ0v) is 9.79. The van der Waals surface area contributed by atoms with Crippen LogP contribution in [0, 0.1) is 0 Å². The number of nitrogens with zero attached hydrogens (tertiary/aromatic N) is 2. The van der Waals surface area contributed by atoms with Gasteiger partial charge in [-0.25, -0.2) is 0 Å². The van der Waals surface area contributed by atoms with Crippen molar-refractivity contribution in [2.24, 2.45) is 0 Å². The fraction of sp³-hybridized carbons (Fsp3) is 0.750. The van der Waals surface area contributed by atoms with E-state index >= 15 is 0 Å². The maximum atomic E-state index is 4.45. The summed E-state index contributed by atoms with van der Waals surface area (Å²) in [7, 11) is 0. The van der Waals surface area contributed by atoms with Gasteiger partial charge in [-0.05, 0) is 25.7 Å². The zero-order chi connectivity index (χ0) is 10.7. The molecule has 0 aliphatic heterocycles. The van der Waals surface area contributed by atoms with E-state index in [1.54, 1.807) is 0 Å². The molecule has 1 aromatic heterocycles. The Morgan fingerprint density at radius 1 is 1.47 bits per heavy atom. The van der Waals surface area contributed by atoms with Crippen LogP contribution < -0.4 is 5.32 Å². The molecular formula is C12H21N3. The molecule has 1 aliphatic carbocycles. The minimum absolute atomic E-state index is 0.782. The Morgan fingerprint density at radius 2 is 2.27 bits per heavy atom. The standard InChI is InChI=1S/C12H21N3/c1-3-7-15-12(4-2)10(9-14-15)8-13-11-5-6-11/h9,11,13H,3-8H2,1-2H3. The lowest BCUT2D eigenvalue weighted by Gasteiger charge is -2.07. The Morgan fingerprint density at radius 3 is 2.87 bits per heavy atom. The molecule has 0 aromatic carbocycles. The number of hydrogen-bond acceptors (Lipinski definition) is 2. The molecule has 1 saturated carbocycles. The Balaban J connectivity index is 2.00. The van der Waals surface area contributed by atoms with Gasteiger partial charge in [0.15, 0.2) is 0 Å². The molecule has 84 valence electrons. The minimum atomic E-state index is 0.782. The summed E-state index contributed by atoms with van der Waals surface area (Å²) in [6, 6.07) is 0.782. The van der Waals surface area contributed by atoms with Gasteiger partial charge >= 0.3 is 0 Å². The molecule has 0 spiro atoms. The SMILES string of the molecule is CCCn1ncc(CNC2CC2)c1CC. The van der Waals surface area contributed by atoms with Crippen molar-refractivity contribution in [2.75, 3.05) is 0 Å². The topological polar surface area (TPSA) is 29.9 Å². The lowest BCUT2D eigenvalue weighted by Crippen LogP contribution is -2.16. The van der Waals surface area contributed by atoms with Gasteiger partial charge < -0.3 is 5.32 Å². The summed E-state index contributed by atoms with van der Waals surface area (Å²) in [6.07, 6.45) is 6.98. The molecule has 0 radical (unpaired) electrons. The minimum Gasteiger partial charge on any atom is -0.310 e. The van der Waals surface area contributed by atoms with Crippen LogP contribution in [0.25, 0.3) is 0 Å². The van der Waals surface area contributed by atoms with E-state index < -0.39 is 0 Å². The predicted octanol–water partition coefficient (Wildman–Crippen LogP) is 2.11. The molecule has 0 saturated heterocycles. The summed E-state index contributed by atoms with van der Waals surface area (Å²) < 4.78 is 2.16. The Labute approximate surface area is 91.9 Å². The predicted molar refractivity (Wildman–Crippen MR) is 61.8 cm³/mol. The Kier molecular flexibility index (Phi) is 3.41. The molecular weight excluding hydrogens is 186 g/mol. The molecule has 2 rings (SSSR count). The largest absolute Gasteiger partial charge is 0.310 e. The number of hydrogen-bond donors (Lipinski definition) is 1. The van der Waals surface area contributed by atoms with E-state index in [-0.39, 0.29) is 0 Å². The van der Waals surface area contributed by atoms with Crippen molar-refractivity contribution in [1.82, 2.24) is 15.1 Å². The maximum absolute atomic E-state index is 4.45. The van der Waals surface area contributed by atoms with Crippen molar-refractivity contribution < 1.29 is 0 Å². The summed E-state index contributed by atoms with van der Waals surface area (Å²) in [4.78, 5) is 0. The lowest BCUT2D eigenvalue weighted by atomic mass is 10.2. The van der Waals surface area contributed by atoms with Crippen LogP contribution in [0.1, 0.15) is 44.4 Å². The van der Waals surface area contributed by atoms with Crippen LogP contribution in [0.4, 0.5) is 0 Å². The van der Waals surface area contributed by atoms with Gasteiger partial charge in [-0.3, -0.25) is 4.68 Å². The van der Waals surface area contributed by atoms with Crippen molar-refractivity contribution >= 4 is 0 Å². The van der Waals surface area contributed by atoms with E-state index in [4.69, 9.17) is 0 Å². The zero-order valence-electron chi connectivity index (χ0n) is 9.79. The van der Waals surface area contributed by atoms with Crippen molar-refractivity contribution in [3.8, 4) is 0 Å². The van der Waals surface area contributed by atoms with Crippen LogP contribution in [0.3, 0.4) is 0 Å². The highest BCUT2D eigenvalue weighted by molar-refractivity contribution is 5.18. The summed E-state index contributed by atoms with van der Waals surface area (Å²) in [5, 5.41) is 8.00. The highest BCUT2D eigenvalue weighted by Gasteiger charge is 2.20. The van der Waals surface area contributed by atoms with Gasteiger partial charge in [0, 0.05) is 30.4 Å². The number of rotatable bonds is 6. The molecule has 3 nitrogen and oxygen atoms in total. The van der Waals surface area contributed by atoms with E-state index in [1.165, 1.54) is 24.1 Å². The number of nitrogens with one attached hydrogen (secondary N) is 1. The lowest BCUT2D eigenvalue weighted by molar-refractivity contribution is 0.573. The summed E-state index contributed by atoms with van der Waals surface area (Å²) in [5.74, 6) is 0. The third-order valence-electron chi connectivity index (χ3n) is 2.96. The van der Waals surface area contributed by atoms with Crippen molar-refractivity contribution in [2.45, 2.75) is 58.7 Å². The third-order valence-corrected chi connectivity index (χ3v) is 2.96. The quantitative estimate of drug-likeness (QED) is 0.774. The first-order valence-electron chi connectivity index (χ1n) is 6.12. The van der Waals surface area contributed by atoms with E-state index in [2.05, 4.69) is 28.9 Å². The average Bonchev–Trinajstić information content (AvgIpc) is 2.99. The van der Waals surface area contributed by atoms with Gasteiger partial charge in [0.25, 0.3) is 0 Å². The third kappa shape index (κ3) is 2.59. The molecule has 3 heteroatoms. The van der Waals surface area contributed by atoms with E-state index in [9.17, 15) is 0 Å². The van der Waals surface area contributed by atoms with Crippen LogP contribution in [0.5, 0.6) is 0 Å². The second kappa shape index (κ2) is 4.79. The fourth-order valence-corrected chi connectivity index (χ4v) is 1.95. The molecule has 0 atom stereocenters. The smallest absolute Gasteiger partial charge is 0.0537 e. The molecule has 1 heterocycles. The monoisotopic (exact) mass is 207 g/mol. The van der Waals surface area contributed by atoms with Gasteiger partial charge in [-0.2, -0.15) is 5.10 Å². The summed E-state index contributed by atoms with van der Waals surface area (Å²) in [6.45, 7) is 6.46. The maximum Gasteiger partial charge on any atom is 0.0537 e. The van der Waals surface area contributed by atoms with E-state index in [0.29, 0.717) is 0 Å². The van der Waals surface area contributed by atoms with E-state index in [0.717, 1.165) is 32.0 Å². The van der Waals surface area contributed by atoms with Gasteiger partial charge in [0.2, 0.25) is 0 Å². The van der Waals surface area contributed by atoms with Gasteiger partial charge in [0.05, 0.1) is 6.20 Å². The van der Waals surface area contributed by atoms with Crippen LogP contribution in [0.15, 0.2) is 6.20 Å². The number of aromatic nitrogens is 2. The highest BCUT2D eigenvalue weighted by Crippen LogP contribution is 2.20. The van der Waals surface area contributed by atoms with Crippen LogP contribution in [-0.4, -0.2) is 15.8 Å². The Hall–Kier alpha value is -0.830. The Bertz CT molecular complexity index is 313. The molecule has 1 N–H and O–H groups in total. The summed E-state index contributed by atoms with van der Waals surface area (Å²) >= 11 is 0. The average molecular weight is 207 g/mol. The van der Waals surface area contributed by atoms with E-state index in [1.807, 2.05) is 6.20 Å². The molecule has 0 unspecified atom stereocenters. The highest BCUT2D eigenvalue weighted by atomic mass is 15.3. The molecule has 0 bridgehead atoms. The molecule has 1 fully saturated rings. The normalized spacial score (nSPS) is 15.9. The second-order valence-corrected chi connectivity index (χ2v) is 4.35. The van der Waals surface area contributed by atoms with Crippen LogP contribution in [-0.2, 0) is 19.5 Å². The molecule has 0 amide bonds. The second-order valence-electron chi connectivity index (χ2n) is 4.35. The molecule has 1 aliphatic rings. The van der Waals surface area contributed by atoms with Crippen molar-refractivity contribution in [3.63, 3.8) is 0 Å². The first-order chi connectivity index (χ1) is 7.35. The van der Waals surface area contributed by atoms with Crippen molar-refractivity contribution in [3.05, 3.63) is 17.5 Å². The fourth-order valence-electron chi connectivity index (χ4n) is 1.95. The van der Waals surface area contributed by atoms with Crippen molar-refractivity contribution in [1.29, 1.82) is 0 Å².